The standard InChI is InChI=1S/C16H16ClNO3/c1-20-14-4-2-3-5-15(14)21-11-10-18-16(19)12-6-8-13(17)9-7-12/h2-9H,10-11H2,1H3,(H,18,19). The van der Waals surface area contributed by atoms with Crippen LogP contribution >= 0.6 is 11.6 Å². The second kappa shape index (κ2) is 7.55. The van der Waals surface area contributed by atoms with Crippen LogP contribution < -0.4 is 14.8 Å². The third-order valence-electron chi connectivity index (χ3n) is 2.82. The van der Waals surface area contributed by atoms with Crippen LogP contribution in [0, 0.1) is 0 Å². The minimum Gasteiger partial charge on any atom is -0.493 e. The lowest BCUT2D eigenvalue weighted by Gasteiger charge is -2.10. The number of hydrogen-bond donors (Lipinski definition) is 1. The summed E-state index contributed by atoms with van der Waals surface area (Å²) in [6.07, 6.45) is 0. The monoisotopic (exact) mass is 305 g/mol. The van der Waals surface area contributed by atoms with E-state index in [1.165, 1.54) is 0 Å². The smallest absolute Gasteiger partial charge is 0.251 e. The molecule has 0 atom stereocenters. The molecule has 0 aromatic heterocycles. The predicted octanol–water partition coefficient (Wildman–Crippen LogP) is 3.16. The first-order chi connectivity index (χ1) is 10.2. The van der Waals surface area contributed by atoms with Gasteiger partial charge in [0.15, 0.2) is 11.5 Å². The Labute approximate surface area is 128 Å². The first-order valence-electron chi connectivity index (χ1n) is 6.50. The molecule has 0 bridgehead atoms. The van der Waals surface area contributed by atoms with Gasteiger partial charge in [0.2, 0.25) is 0 Å². The Morgan fingerprint density at radius 2 is 1.76 bits per heavy atom. The normalized spacial score (nSPS) is 10.0. The highest BCUT2D eigenvalue weighted by Crippen LogP contribution is 2.25. The summed E-state index contributed by atoms with van der Waals surface area (Å²) >= 11 is 5.78. The lowest BCUT2D eigenvalue weighted by Crippen LogP contribution is -2.28. The third kappa shape index (κ3) is 4.39. The molecule has 110 valence electrons. The summed E-state index contributed by atoms with van der Waals surface area (Å²) in [6.45, 7) is 0.763. The van der Waals surface area contributed by atoms with Crippen molar-refractivity contribution in [3.8, 4) is 11.5 Å². The van der Waals surface area contributed by atoms with Gasteiger partial charge in [-0.15, -0.1) is 0 Å². The SMILES string of the molecule is COc1ccccc1OCCNC(=O)c1ccc(Cl)cc1. The number of benzene rings is 2. The molecule has 21 heavy (non-hydrogen) atoms. The van der Waals surface area contributed by atoms with Gasteiger partial charge in [-0.1, -0.05) is 23.7 Å². The molecule has 0 spiro atoms. The van der Waals surface area contributed by atoms with Gasteiger partial charge in [-0.2, -0.15) is 0 Å². The molecule has 0 radical (unpaired) electrons. The molecule has 5 heteroatoms. The van der Waals surface area contributed by atoms with Crippen molar-refractivity contribution >= 4 is 17.5 Å². The molecule has 0 aliphatic rings. The van der Waals surface area contributed by atoms with E-state index in [0.29, 0.717) is 35.2 Å². The Kier molecular flexibility index (Phi) is 5.46. The van der Waals surface area contributed by atoms with Crippen molar-refractivity contribution < 1.29 is 14.3 Å². The van der Waals surface area contributed by atoms with E-state index >= 15 is 0 Å². The van der Waals surface area contributed by atoms with E-state index in [4.69, 9.17) is 21.1 Å². The highest BCUT2D eigenvalue weighted by atomic mass is 35.5. The van der Waals surface area contributed by atoms with Crippen LogP contribution in [0.15, 0.2) is 48.5 Å². The maximum absolute atomic E-state index is 11.9. The number of halogens is 1. The molecule has 0 unspecified atom stereocenters. The lowest BCUT2D eigenvalue weighted by molar-refractivity contribution is 0.0947. The number of rotatable bonds is 6. The predicted molar refractivity (Wildman–Crippen MR) is 82.3 cm³/mol. The quantitative estimate of drug-likeness (QED) is 0.834. The Hall–Kier alpha value is -2.20. The van der Waals surface area contributed by atoms with Crippen molar-refractivity contribution in [2.24, 2.45) is 0 Å². The van der Waals surface area contributed by atoms with Crippen LogP contribution in [0.5, 0.6) is 11.5 Å². The van der Waals surface area contributed by atoms with Crippen molar-refractivity contribution in [3.63, 3.8) is 0 Å². The molecular formula is C16H16ClNO3. The maximum atomic E-state index is 11.9. The Balaban J connectivity index is 1.79. The number of hydrogen-bond acceptors (Lipinski definition) is 3. The van der Waals surface area contributed by atoms with E-state index in [2.05, 4.69) is 5.32 Å². The second-order valence-corrected chi connectivity index (χ2v) is 4.70. The summed E-state index contributed by atoms with van der Waals surface area (Å²) in [5.74, 6) is 1.16. The molecule has 0 aliphatic carbocycles. The van der Waals surface area contributed by atoms with E-state index in [1.54, 1.807) is 31.4 Å². The average Bonchev–Trinajstić information content (AvgIpc) is 2.52. The second-order valence-electron chi connectivity index (χ2n) is 4.26. The van der Waals surface area contributed by atoms with Gasteiger partial charge >= 0.3 is 0 Å². The average molecular weight is 306 g/mol. The van der Waals surface area contributed by atoms with Gasteiger partial charge in [0.1, 0.15) is 6.61 Å². The molecule has 0 saturated carbocycles. The molecule has 0 heterocycles. The van der Waals surface area contributed by atoms with Gasteiger partial charge in [-0.25, -0.2) is 0 Å². The maximum Gasteiger partial charge on any atom is 0.251 e. The first kappa shape index (κ1) is 15.2. The lowest BCUT2D eigenvalue weighted by atomic mass is 10.2. The van der Waals surface area contributed by atoms with Crippen molar-refractivity contribution in [1.29, 1.82) is 0 Å². The third-order valence-corrected chi connectivity index (χ3v) is 3.07. The number of carbonyl (C=O) groups is 1. The summed E-state index contributed by atoms with van der Waals surface area (Å²) in [4.78, 5) is 11.9. The summed E-state index contributed by atoms with van der Waals surface area (Å²) in [6, 6.07) is 14.1. The summed E-state index contributed by atoms with van der Waals surface area (Å²) in [5.41, 5.74) is 0.566. The summed E-state index contributed by atoms with van der Waals surface area (Å²) in [7, 11) is 1.59. The van der Waals surface area contributed by atoms with E-state index < -0.39 is 0 Å². The fourth-order valence-corrected chi connectivity index (χ4v) is 1.89. The fourth-order valence-electron chi connectivity index (χ4n) is 1.77. The number of carbonyl (C=O) groups excluding carboxylic acids is 1. The van der Waals surface area contributed by atoms with Crippen LogP contribution in [-0.2, 0) is 0 Å². The fraction of sp³-hybridized carbons (Fsp3) is 0.188. The van der Waals surface area contributed by atoms with E-state index in [9.17, 15) is 4.79 Å². The van der Waals surface area contributed by atoms with Gasteiger partial charge in [0.25, 0.3) is 5.91 Å². The minimum atomic E-state index is -0.157. The Morgan fingerprint density at radius 1 is 1.10 bits per heavy atom. The molecule has 2 rings (SSSR count). The van der Waals surface area contributed by atoms with Crippen LogP contribution in [0.1, 0.15) is 10.4 Å². The minimum absolute atomic E-state index is 0.157. The highest BCUT2D eigenvalue weighted by molar-refractivity contribution is 6.30. The van der Waals surface area contributed by atoms with Crippen molar-refractivity contribution in [1.82, 2.24) is 5.32 Å². The van der Waals surface area contributed by atoms with E-state index in [-0.39, 0.29) is 5.91 Å². The zero-order valence-corrected chi connectivity index (χ0v) is 12.4. The molecule has 0 fully saturated rings. The number of ether oxygens (including phenoxy) is 2. The number of para-hydroxylation sites is 2. The molecule has 0 aliphatic heterocycles. The topological polar surface area (TPSA) is 47.6 Å². The van der Waals surface area contributed by atoms with Crippen molar-refractivity contribution in [2.45, 2.75) is 0 Å². The van der Waals surface area contributed by atoms with Crippen LogP contribution in [0.4, 0.5) is 0 Å². The molecule has 2 aromatic carbocycles. The Bertz CT molecular complexity index is 599. The number of nitrogens with one attached hydrogen (secondary N) is 1. The number of methoxy groups -OCH3 is 1. The zero-order chi connectivity index (χ0) is 15.1. The van der Waals surface area contributed by atoms with Crippen LogP contribution in [0.2, 0.25) is 5.02 Å². The van der Waals surface area contributed by atoms with Crippen LogP contribution in [0.3, 0.4) is 0 Å². The van der Waals surface area contributed by atoms with Crippen molar-refractivity contribution in [2.75, 3.05) is 20.3 Å². The van der Waals surface area contributed by atoms with E-state index in [1.807, 2.05) is 24.3 Å². The molecule has 0 saturated heterocycles. The van der Waals surface area contributed by atoms with Crippen LogP contribution in [0.25, 0.3) is 0 Å². The van der Waals surface area contributed by atoms with Gasteiger partial charge in [0, 0.05) is 10.6 Å². The van der Waals surface area contributed by atoms with Gasteiger partial charge in [-0.05, 0) is 36.4 Å². The van der Waals surface area contributed by atoms with Gasteiger partial charge in [-0.3, -0.25) is 4.79 Å². The molecule has 1 N–H and O–H groups in total. The summed E-state index contributed by atoms with van der Waals surface area (Å²) in [5, 5.41) is 3.38. The molecular weight excluding hydrogens is 290 g/mol. The molecule has 2 aromatic rings. The van der Waals surface area contributed by atoms with Gasteiger partial charge < -0.3 is 14.8 Å². The van der Waals surface area contributed by atoms with E-state index in [0.717, 1.165) is 0 Å². The summed E-state index contributed by atoms with van der Waals surface area (Å²) < 4.78 is 10.8. The number of amides is 1. The zero-order valence-electron chi connectivity index (χ0n) is 11.6. The van der Waals surface area contributed by atoms with Gasteiger partial charge in [0.05, 0.1) is 13.7 Å². The largest absolute Gasteiger partial charge is 0.493 e. The van der Waals surface area contributed by atoms with Crippen LogP contribution in [-0.4, -0.2) is 26.2 Å². The molecule has 1 amide bonds. The van der Waals surface area contributed by atoms with Crippen molar-refractivity contribution in [3.05, 3.63) is 59.1 Å². The molecule has 4 nitrogen and oxygen atoms in total. The first-order valence-corrected chi connectivity index (χ1v) is 6.88. The highest BCUT2D eigenvalue weighted by Gasteiger charge is 2.05. The Morgan fingerprint density at radius 3 is 2.43 bits per heavy atom.